The number of hydrogen-bond donors (Lipinski definition) is 1. The van der Waals surface area contributed by atoms with Gasteiger partial charge in [-0.15, -0.1) is 0 Å². The van der Waals surface area contributed by atoms with Crippen molar-refractivity contribution in [1.29, 1.82) is 0 Å². The largest absolute Gasteiger partial charge is 0.418 e. The molecule has 0 aliphatic carbocycles. The van der Waals surface area contributed by atoms with Crippen LogP contribution in [0.3, 0.4) is 0 Å². The van der Waals surface area contributed by atoms with Gasteiger partial charge in [-0.2, -0.15) is 13.2 Å². The Morgan fingerprint density at radius 1 is 1.16 bits per heavy atom. The standard InChI is InChI=1S/C23H21F3N2O2S2/c1-2-15-9-11-16(12-10-15)14-19-21(30)28(22(31)32-19)13-5-8-20(29)27-18-7-4-3-6-17(18)23(24,25)26/h3-4,6-7,9-12,14H,2,5,8,13H2,1H3,(H,27,29)/b19-14+. The SMILES string of the molecule is CCc1ccc(/C=C2/SC(=S)N(CCCC(=O)Nc3ccccc3C(F)(F)F)C2=O)cc1. The summed E-state index contributed by atoms with van der Waals surface area (Å²) in [6.45, 7) is 2.28. The average molecular weight is 479 g/mol. The number of nitrogens with one attached hydrogen (secondary N) is 1. The Hall–Kier alpha value is -2.65. The predicted octanol–water partition coefficient (Wildman–Crippen LogP) is 5.89. The molecule has 2 amide bonds. The van der Waals surface area contributed by atoms with Crippen LogP contribution in [0.2, 0.25) is 0 Å². The fourth-order valence-corrected chi connectivity index (χ4v) is 4.45. The third kappa shape index (κ3) is 5.98. The van der Waals surface area contributed by atoms with Crippen LogP contribution in [0.25, 0.3) is 6.08 Å². The molecule has 0 aromatic heterocycles. The molecule has 1 aliphatic rings. The summed E-state index contributed by atoms with van der Waals surface area (Å²) in [5.74, 6) is -0.791. The van der Waals surface area contributed by atoms with Gasteiger partial charge in [0.1, 0.15) is 4.32 Å². The second-order valence-electron chi connectivity index (χ2n) is 7.12. The average Bonchev–Trinajstić information content (AvgIpc) is 3.01. The Morgan fingerprint density at radius 2 is 1.84 bits per heavy atom. The normalized spacial score (nSPS) is 15.5. The van der Waals surface area contributed by atoms with Gasteiger partial charge in [-0.3, -0.25) is 14.5 Å². The minimum absolute atomic E-state index is 0.0409. The van der Waals surface area contributed by atoms with E-state index in [1.807, 2.05) is 24.3 Å². The van der Waals surface area contributed by atoms with Crippen LogP contribution in [-0.2, 0) is 22.2 Å². The smallest absolute Gasteiger partial charge is 0.326 e. The Labute approximate surface area is 193 Å². The number of alkyl halides is 3. The minimum Gasteiger partial charge on any atom is -0.326 e. The number of nitrogens with zero attached hydrogens (tertiary/aromatic N) is 1. The van der Waals surface area contributed by atoms with Crippen LogP contribution in [-0.4, -0.2) is 27.6 Å². The molecule has 0 atom stereocenters. The number of thiocarbonyl (C=S) groups is 1. The van der Waals surface area contributed by atoms with Crippen molar-refractivity contribution in [1.82, 2.24) is 4.90 Å². The Kier molecular flexibility index (Phi) is 7.73. The highest BCUT2D eigenvalue weighted by Gasteiger charge is 2.34. The lowest BCUT2D eigenvalue weighted by atomic mass is 10.1. The molecular weight excluding hydrogens is 457 g/mol. The lowest BCUT2D eigenvalue weighted by Gasteiger charge is -2.15. The van der Waals surface area contributed by atoms with Gasteiger partial charge in [-0.05, 0) is 42.2 Å². The van der Waals surface area contributed by atoms with Crippen molar-refractivity contribution in [2.24, 2.45) is 0 Å². The van der Waals surface area contributed by atoms with E-state index in [1.165, 1.54) is 40.4 Å². The molecule has 1 N–H and O–H groups in total. The topological polar surface area (TPSA) is 49.4 Å². The molecule has 0 saturated carbocycles. The summed E-state index contributed by atoms with van der Waals surface area (Å²) in [7, 11) is 0. The van der Waals surface area contributed by atoms with Crippen molar-refractivity contribution in [3.8, 4) is 0 Å². The lowest BCUT2D eigenvalue weighted by Crippen LogP contribution is -2.29. The van der Waals surface area contributed by atoms with Crippen molar-refractivity contribution in [3.63, 3.8) is 0 Å². The molecule has 1 fully saturated rings. The van der Waals surface area contributed by atoms with E-state index in [0.29, 0.717) is 9.23 Å². The molecule has 0 bridgehead atoms. The quantitative estimate of drug-likeness (QED) is 0.398. The van der Waals surface area contributed by atoms with E-state index in [1.54, 1.807) is 6.08 Å². The van der Waals surface area contributed by atoms with Crippen molar-refractivity contribution in [2.45, 2.75) is 32.4 Å². The summed E-state index contributed by atoms with van der Waals surface area (Å²) in [6.07, 6.45) is -1.63. The maximum Gasteiger partial charge on any atom is 0.418 e. The van der Waals surface area contributed by atoms with E-state index < -0.39 is 17.6 Å². The molecule has 32 heavy (non-hydrogen) atoms. The van der Waals surface area contributed by atoms with E-state index in [9.17, 15) is 22.8 Å². The highest BCUT2D eigenvalue weighted by atomic mass is 32.2. The first-order valence-corrected chi connectivity index (χ1v) is 11.2. The summed E-state index contributed by atoms with van der Waals surface area (Å²) in [4.78, 5) is 26.8. The van der Waals surface area contributed by atoms with Gasteiger partial charge in [0.25, 0.3) is 5.91 Å². The molecule has 0 unspecified atom stereocenters. The number of rotatable bonds is 7. The van der Waals surface area contributed by atoms with E-state index in [0.717, 1.165) is 18.1 Å². The molecular formula is C23H21F3N2O2S2. The molecule has 2 aromatic carbocycles. The van der Waals surface area contributed by atoms with Gasteiger partial charge in [0.2, 0.25) is 5.91 Å². The van der Waals surface area contributed by atoms with E-state index in [4.69, 9.17) is 12.2 Å². The molecule has 3 rings (SSSR count). The number of anilines is 1. The highest BCUT2D eigenvalue weighted by molar-refractivity contribution is 8.26. The molecule has 0 spiro atoms. The molecule has 9 heteroatoms. The summed E-state index contributed by atoms with van der Waals surface area (Å²) >= 11 is 6.49. The second kappa shape index (κ2) is 10.3. The number of halogens is 3. The van der Waals surface area contributed by atoms with Crippen molar-refractivity contribution >= 4 is 51.9 Å². The van der Waals surface area contributed by atoms with E-state index in [-0.39, 0.29) is 31.0 Å². The number of thioether (sulfide) groups is 1. The summed E-state index contributed by atoms with van der Waals surface area (Å²) in [5, 5.41) is 2.30. The van der Waals surface area contributed by atoms with Gasteiger partial charge in [0.05, 0.1) is 16.2 Å². The van der Waals surface area contributed by atoms with Crippen LogP contribution in [0.4, 0.5) is 18.9 Å². The molecule has 1 aliphatic heterocycles. The van der Waals surface area contributed by atoms with E-state index in [2.05, 4.69) is 12.2 Å². The minimum atomic E-state index is -4.56. The maximum absolute atomic E-state index is 13.1. The zero-order chi connectivity index (χ0) is 23.3. The Balaban J connectivity index is 1.56. The van der Waals surface area contributed by atoms with Crippen molar-refractivity contribution in [3.05, 3.63) is 70.1 Å². The molecule has 1 heterocycles. The summed E-state index contributed by atoms with van der Waals surface area (Å²) in [5.41, 5.74) is 0.909. The third-order valence-electron chi connectivity index (χ3n) is 4.85. The summed E-state index contributed by atoms with van der Waals surface area (Å²) < 4.78 is 39.6. The fraction of sp³-hybridized carbons (Fsp3) is 0.261. The number of carbonyl (C=O) groups excluding carboxylic acids is 2. The van der Waals surface area contributed by atoms with Crippen LogP contribution in [0.15, 0.2) is 53.4 Å². The number of aryl methyl sites for hydroxylation is 1. The van der Waals surface area contributed by atoms with Crippen LogP contribution in [0.5, 0.6) is 0 Å². The predicted molar refractivity (Wildman–Crippen MR) is 125 cm³/mol. The number of carbonyl (C=O) groups is 2. The number of amides is 2. The van der Waals surface area contributed by atoms with E-state index >= 15 is 0 Å². The maximum atomic E-state index is 13.1. The molecule has 2 aromatic rings. The van der Waals surface area contributed by atoms with Crippen molar-refractivity contribution in [2.75, 3.05) is 11.9 Å². The van der Waals surface area contributed by atoms with Gasteiger partial charge in [0.15, 0.2) is 0 Å². The monoisotopic (exact) mass is 478 g/mol. The molecule has 4 nitrogen and oxygen atoms in total. The van der Waals surface area contributed by atoms with Gasteiger partial charge in [-0.25, -0.2) is 0 Å². The first kappa shape index (κ1) is 24.0. The molecule has 1 saturated heterocycles. The van der Waals surface area contributed by atoms with Crippen LogP contribution >= 0.6 is 24.0 Å². The van der Waals surface area contributed by atoms with Crippen LogP contribution in [0.1, 0.15) is 36.5 Å². The lowest BCUT2D eigenvalue weighted by molar-refractivity contribution is -0.137. The first-order chi connectivity index (χ1) is 15.2. The zero-order valence-corrected chi connectivity index (χ0v) is 18.9. The highest BCUT2D eigenvalue weighted by Crippen LogP contribution is 2.35. The van der Waals surface area contributed by atoms with Gasteiger partial charge < -0.3 is 5.32 Å². The Morgan fingerprint density at radius 3 is 2.50 bits per heavy atom. The Bertz CT molecular complexity index is 1050. The first-order valence-electron chi connectivity index (χ1n) is 9.99. The van der Waals surface area contributed by atoms with Crippen LogP contribution < -0.4 is 5.32 Å². The van der Waals surface area contributed by atoms with Gasteiger partial charge in [0, 0.05) is 13.0 Å². The molecule has 0 radical (unpaired) electrons. The molecule has 168 valence electrons. The number of benzene rings is 2. The summed E-state index contributed by atoms with van der Waals surface area (Å²) in [6, 6.07) is 12.7. The fourth-order valence-electron chi connectivity index (χ4n) is 3.14. The van der Waals surface area contributed by atoms with Crippen LogP contribution in [0, 0.1) is 0 Å². The number of para-hydroxylation sites is 1. The zero-order valence-electron chi connectivity index (χ0n) is 17.2. The third-order valence-corrected chi connectivity index (χ3v) is 6.23. The van der Waals surface area contributed by atoms with Gasteiger partial charge >= 0.3 is 6.18 Å². The number of hydrogen-bond acceptors (Lipinski definition) is 4. The van der Waals surface area contributed by atoms with Gasteiger partial charge in [-0.1, -0.05) is 67.3 Å². The van der Waals surface area contributed by atoms with Crippen molar-refractivity contribution < 1.29 is 22.8 Å². The second-order valence-corrected chi connectivity index (χ2v) is 8.80.